The number of ether oxygens (including phenoxy) is 2. The topological polar surface area (TPSA) is 18.5 Å². The molecule has 0 aliphatic heterocycles. The molecule has 0 aromatic heterocycles. The molecule has 1 aliphatic rings. The minimum absolute atomic E-state index is 0.131. The number of hydrogen-bond acceptors (Lipinski definition) is 2. The second-order valence-electron chi connectivity index (χ2n) is 5.80. The molecule has 3 rings (SSSR count). The van der Waals surface area contributed by atoms with Crippen molar-refractivity contribution in [2.75, 3.05) is 7.11 Å². The van der Waals surface area contributed by atoms with Crippen molar-refractivity contribution in [1.82, 2.24) is 0 Å². The summed E-state index contributed by atoms with van der Waals surface area (Å²) in [6.45, 7) is 0. The molecule has 0 unspecified atom stereocenters. The molecule has 0 amide bonds. The molecule has 2 aromatic carbocycles. The van der Waals surface area contributed by atoms with E-state index in [0.717, 1.165) is 34.0 Å². The van der Waals surface area contributed by atoms with Crippen molar-refractivity contribution in [2.45, 2.75) is 37.0 Å². The fraction of sp³-hybridized carbons (Fsp3) is 0.368. The van der Waals surface area contributed by atoms with Crippen LogP contribution in [0.4, 0.5) is 0 Å². The molecule has 4 heteroatoms. The molecular formula is C19H21AsBrO2. The first-order valence-corrected chi connectivity index (χ1v) is 11.1. The monoisotopic (exact) mass is 435 g/mol. The van der Waals surface area contributed by atoms with Crippen LogP contribution in [-0.4, -0.2) is 29.0 Å². The summed E-state index contributed by atoms with van der Waals surface area (Å²) in [5.41, 5.74) is 1.33. The van der Waals surface area contributed by atoms with Gasteiger partial charge in [-0.25, -0.2) is 0 Å². The van der Waals surface area contributed by atoms with E-state index in [0.29, 0.717) is 6.10 Å². The van der Waals surface area contributed by atoms with Gasteiger partial charge >= 0.3 is 154 Å². The van der Waals surface area contributed by atoms with Gasteiger partial charge in [0.15, 0.2) is 0 Å². The predicted octanol–water partition coefficient (Wildman–Crippen LogP) is 4.31. The zero-order valence-corrected chi connectivity index (χ0v) is 16.8. The third-order valence-electron chi connectivity index (χ3n) is 4.09. The van der Waals surface area contributed by atoms with Crippen LogP contribution in [0.1, 0.15) is 31.2 Å². The summed E-state index contributed by atoms with van der Waals surface area (Å²) in [5.74, 6) is 1.76. The van der Waals surface area contributed by atoms with Crippen molar-refractivity contribution in [3.05, 3.63) is 52.5 Å². The number of halogens is 1. The molecular weight excluding hydrogens is 415 g/mol. The van der Waals surface area contributed by atoms with Crippen LogP contribution < -0.4 is 13.8 Å². The van der Waals surface area contributed by atoms with E-state index < -0.39 is 0 Å². The van der Waals surface area contributed by atoms with E-state index in [2.05, 4.69) is 52.3 Å². The first-order valence-electron chi connectivity index (χ1n) is 8.01. The Balaban J connectivity index is 1.67. The average Bonchev–Trinajstić information content (AvgIpc) is 3.07. The van der Waals surface area contributed by atoms with Crippen LogP contribution in [0, 0.1) is 0 Å². The second kappa shape index (κ2) is 8.26. The van der Waals surface area contributed by atoms with Gasteiger partial charge < -0.3 is 0 Å². The zero-order valence-electron chi connectivity index (χ0n) is 13.3. The van der Waals surface area contributed by atoms with E-state index in [1.165, 1.54) is 22.8 Å². The van der Waals surface area contributed by atoms with Crippen LogP contribution in [0.25, 0.3) is 0 Å². The van der Waals surface area contributed by atoms with Gasteiger partial charge in [0.05, 0.1) is 0 Å². The molecule has 1 fully saturated rings. The van der Waals surface area contributed by atoms with Crippen LogP contribution in [-0.2, 0) is 5.21 Å². The zero-order chi connectivity index (χ0) is 16.1. The van der Waals surface area contributed by atoms with Gasteiger partial charge in [0, 0.05) is 0 Å². The predicted molar refractivity (Wildman–Crippen MR) is 99.1 cm³/mol. The number of rotatable bonds is 6. The Labute approximate surface area is 153 Å². The Kier molecular flexibility index (Phi) is 6.07. The molecule has 0 spiro atoms. The Morgan fingerprint density at radius 3 is 2.48 bits per heavy atom. The molecule has 1 saturated carbocycles. The normalized spacial score (nSPS) is 15.4. The van der Waals surface area contributed by atoms with Gasteiger partial charge in [-0.15, -0.1) is 0 Å². The number of hydrogen-bond donors (Lipinski definition) is 0. The van der Waals surface area contributed by atoms with Gasteiger partial charge in [0.25, 0.3) is 0 Å². The van der Waals surface area contributed by atoms with Crippen molar-refractivity contribution in [2.24, 2.45) is 0 Å². The molecule has 2 aromatic rings. The van der Waals surface area contributed by atoms with Crippen molar-refractivity contribution in [3.63, 3.8) is 0 Å². The molecule has 1 radical (unpaired) electrons. The first kappa shape index (κ1) is 16.9. The van der Waals surface area contributed by atoms with E-state index in [1.807, 2.05) is 6.07 Å². The standard InChI is InChI=1S/C19H21AsBrO2/c1-22-18-11-6-14(12-19(18)23-17-4-2-3-5-17)13-20-15-7-9-16(21)10-8-15/h6-12,17H,2-5,13H2,1H3. The molecule has 23 heavy (non-hydrogen) atoms. The molecule has 0 saturated heterocycles. The van der Waals surface area contributed by atoms with E-state index in [4.69, 9.17) is 9.47 Å². The third-order valence-corrected chi connectivity index (χ3v) is 7.11. The molecule has 0 bridgehead atoms. The van der Waals surface area contributed by atoms with Gasteiger partial charge in [-0.3, -0.25) is 0 Å². The number of benzene rings is 2. The van der Waals surface area contributed by atoms with Gasteiger partial charge in [0.2, 0.25) is 0 Å². The van der Waals surface area contributed by atoms with Gasteiger partial charge in [-0.1, -0.05) is 0 Å². The van der Waals surface area contributed by atoms with Crippen LogP contribution in [0.3, 0.4) is 0 Å². The molecule has 2 nitrogen and oxygen atoms in total. The molecule has 0 N–H and O–H groups in total. The SMILES string of the molecule is COc1ccc(C[As]c2ccc(Br)cc2)cc1OC1CCCC1. The molecule has 1 aliphatic carbocycles. The Morgan fingerprint density at radius 2 is 1.78 bits per heavy atom. The maximum absolute atomic E-state index is 6.18. The van der Waals surface area contributed by atoms with E-state index >= 15 is 0 Å². The van der Waals surface area contributed by atoms with Crippen LogP contribution in [0.2, 0.25) is 0 Å². The van der Waals surface area contributed by atoms with Gasteiger partial charge in [-0.05, 0) is 0 Å². The molecule has 0 atom stereocenters. The van der Waals surface area contributed by atoms with Gasteiger partial charge in [0.1, 0.15) is 0 Å². The van der Waals surface area contributed by atoms with Crippen molar-refractivity contribution in [3.8, 4) is 11.5 Å². The number of methoxy groups -OCH3 is 1. The minimum atomic E-state index is 0.131. The Bertz CT molecular complexity index is 636. The van der Waals surface area contributed by atoms with Crippen LogP contribution >= 0.6 is 15.9 Å². The van der Waals surface area contributed by atoms with Crippen molar-refractivity contribution in [1.29, 1.82) is 0 Å². The quantitative estimate of drug-likeness (QED) is 0.629. The van der Waals surface area contributed by atoms with Crippen LogP contribution in [0.15, 0.2) is 46.9 Å². The van der Waals surface area contributed by atoms with Gasteiger partial charge in [-0.2, -0.15) is 0 Å². The summed E-state index contributed by atoms with van der Waals surface area (Å²) in [7, 11) is 1.71. The van der Waals surface area contributed by atoms with E-state index in [9.17, 15) is 0 Å². The van der Waals surface area contributed by atoms with E-state index in [1.54, 1.807) is 7.11 Å². The molecule has 0 heterocycles. The van der Waals surface area contributed by atoms with Crippen molar-refractivity contribution >= 4 is 36.0 Å². The van der Waals surface area contributed by atoms with Crippen molar-refractivity contribution < 1.29 is 9.47 Å². The second-order valence-corrected chi connectivity index (χ2v) is 9.13. The summed E-state index contributed by atoms with van der Waals surface area (Å²) in [4.78, 5) is 0. The summed E-state index contributed by atoms with van der Waals surface area (Å²) in [6.07, 6.45) is 5.25. The summed E-state index contributed by atoms with van der Waals surface area (Å²) in [6, 6.07) is 15.0. The average molecular weight is 436 g/mol. The molecule has 121 valence electrons. The fourth-order valence-electron chi connectivity index (χ4n) is 2.83. The third kappa shape index (κ3) is 4.78. The first-order chi connectivity index (χ1) is 11.2. The summed E-state index contributed by atoms with van der Waals surface area (Å²) >= 11 is 3.62. The van der Waals surface area contributed by atoms with E-state index in [-0.39, 0.29) is 15.8 Å². The summed E-state index contributed by atoms with van der Waals surface area (Å²) < 4.78 is 14.2. The Hall–Kier alpha value is -0.922. The summed E-state index contributed by atoms with van der Waals surface area (Å²) in [5, 5.41) is 1.10. The fourth-order valence-corrected chi connectivity index (χ4v) is 5.02. The Morgan fingerprint density at radius 1 is 1.04 bits per heavy atom. The maximum atomic E-state index is 6.18. The van der Waals surface area contributed by atoms with Crippen LogP contribution in [0.5, 0.6) is 11.5 Å².